The van der Waals surface area contributed by atoms with Crippen molar-refractivity contribution in [2.45, 2.75) is 32.1 Å². The molecule has 0 atom stereocenters. The Balaban J connectivity index is 1.88. The summed E-state index contributed by atoms with van der Waals surface area (Å²) in [6.45, 7) is 0. The molecule has 0 saturated carbocycles. The molecule has 3 rings (SSSR count). The van der Waals surface area contributed by atoms with Crippen LogP contribution in [0.25, 0.3) is 0 Å². The summed E-state index contributed by atoms with van der Waals surface area (Å²) in [5, 5.41) is 11.7. The molecule has 136 valence electrons. The third-order valence-corrected chi connectivity index (χ3v) is 4.52. The molecule has 1 aromatic carbocycles. The molecule has 1 amide bonds. The van der Waals surface area contributed by atoms with Crippen molar-refractivity contribution in [1.82, 2.24) is 4.98 Å². The Morgan fingerprint density at radius 2 is 1.88 bits per heavy atom. The van der Waals surface area contributed by atoms with E-state index < -0.39 is 17.4 Å². The summed E-state index contributed by atoms with van der Waals surface area (Å²) < 4.78 is 5.05. The number of ether oxygens (including phenoxy) is 1. The number of aromatic nitrogens is 1. The Hall–Kier alpha value is -3.09. The number of rotatable bonds is 4. The molecule has 7 heteroatoms. The van der Waals surface area contributed by atoms with Gasteiger partial charge >= 0.3 is 5.97 Å². The van der Waals surface area contributed by atoms with Gasteiger partial charge < -0.3 is 20.1 Å². The fraction of sp³-hybridized carbons (Fsp3) is 0.316. The zero-order chi connectivity index (χ0) is 18.7. The van der Waals surface area contributed by atoms with Crippen molar-refractivity contribution in [1.29, 1.82) is 0 Å². The highest BCUT2D eigenvalue weighted by atomic mass is 16.5. The van der Waals surface area contributed by atoms with Gasteiger partial charge in [-0.15, -0.1) is 0 Å². The van der Waals surface area contributed by atoms with E-state index in [9.17, 15) is 14.4 Å². The van der Waals surface area contributed by atoms with E-state index in [1.54, 1.807) is 6.07 Å². The molecule has 0 bridgehead atoms. The summed E-state index contributed by atoms with van der Waals surface area (Å²) in [6.07, 6.45) is 4.83. The lowest BCUT2D eigenvalue weighted by Gasteiger charge is -2.11. The van der Waals surface area contributed by atoms with Crippen LogP contribution in [0, 0.1) is 0 Å². The Bertz CT molecular complexity index is 917. The van der Waals surface area contributed by atoms with E-state index in [0.29, 0.717) is 5.69 Å². The lowest BCUT2D eigenvalue weighted by Crippen LogP contribution is -2.25. The SMILES string of the molecule is COc1cc(NC(=O)c2cc3c([nH]c2=O)CCCCC3)ccc1C(=O)O. The fourth-order valence-electron chi connectivity index (χ4n) is 3.16. The Labute approximate surface area is 150 Å². The van der Waals surface area contributed by atoms with Gasteiger partial charge in [0.2, 0.25) is 0 Å². The number of carboxylic acid groups (broad SMARTS) is 1. The summed E-state index contributed by atoms with van der Waals surface area (Å²) in [5.74, 6) is -1.53. The molecule has 0 saturated heterocycles. The van der Waals surface area contributed by atoms with Crippen LogP contribution in [0.3, 0.4) is 0 Å². The largest absolute Gasteiger partial charge is 0.496 e. The van der Waals surface area contributed by atoms with Gasteiger partial charge in [-0.25, -0.2) is 4.79 Å². The van der Waals surface area contributed by atoms with Crippen molar-refractivity contribution in [3.05, 3.63) is 57.0 Å². The monoisotopic (exact) mass is 356 g/mol. The van der Waals surface area contributed by atoms with Gasteiger partial charge in [-0.3, -0.25) is 9.59 Å². The van der Waals surface area contributed by atoms with Crippen molar-refractivity contribution < 1.29 is 19.4 Å². The maximum atomic E-state index is 12.5. The number of benzene rings is 1. The lowest BCUT2D eigenvalue weighted by atomic mass is 10.1. The minimum absolute atomic E-state index is 0.00613. The summed E-state index contributed by atoms with van der Waals surface area (Å²) in [5.41, 5.74) is 1.89. The molecule has 3 N–H and O–H groups in total. The highest BCUT2D eigenvalue weighted by molar-refractivity contribution is 6.04. The molecule has 2 aromatic rings. The first-order valence-corrected chi connectivity index (χ1v) is 8.47. The van der Waals surface area contributed by atoms with Crippen molar-refractivity contribution in [2.75, 3.05) is 12.4 Å². The first kappa shape index (κ1) is 17.7. The van der Waals surface area contributed by atoms with Gasteiger partial charge in [0.1, 0.15) is 16.9 Å². The number of hydrogen-bond acceptors (Lipinski definition) is 4. The number of anilines is 1. The molecule has 0 unspecified atom stereocenters. The predicted octanol–water partition coefficient (Wildman–Crippen LogP) is 2.60. The van der Waals surface area contributed by atoms with Crippen LogP contribution in [0.2, 0.25) is 0 Å². The molecule has 1 aliphatic rings. The second kappa shape index (κ2) is 7.43. The number of aryl methyl sites for hydroxylation is 2. The van der Waals surface area contributed by atoms with Crippen LogP contribution in [0.1, 0.15) is 51.2 Å². The molecule has 26 heavy (non-hydrogen) atoms. The van der Waals surface area contributed by atoms with E-state index in [-0.39, 0.29) is 16.9 Å². The highest BCUT2D eigenvalue weighted by Gasteiger charge is 2.18. The number of carbonyl (C=O) groups excluding carboxylic acids is 1. The van der Waals surface area contributed by atoms with E-state index >= 15 is 0 Å². The molecule has 0 aliphatic heterocycles. The van der Waals surface area contributed by atoms with Gasteiger partial charge in [0, 0.05) is 17.4 Å². The molecule has 0 fully saturated rings. The molecule has 0 spiro atoms. The fourth-order valence-corrected chi connectivity index (χ4v) is 3.16. The van der Waals surface area contributed by atoms with E-state index in [4.69, 9.17) is 9.84 Å². The molecule has 7 nitrogen and oxygen atoms in total. The Morgan fingerprint density at radius 3 is 2.62 bits per heavy atom. The van der Waals surface area contributed by atoms with E-state index in [1.165, 1.54) is 25.3 Å². The van der Waals surface area contributed by atoms with Crippen molar-refractivity contribution in [3.63, 3.8) is 0 Å². The molecular weight excluding hydrogens is 336 g/mol. The number of amides is 1. The number of carboxylic acids is 1. The number of H-pyrrole nitrogens is 1. The first-order valence-electron chi connectivity index (χ1n) is 8.47. The quantitative estimate of drug-likeness (QED) is 0.730. The van der Waals surface area contributed by atoms with Crippen LogP contribution in [0.5, 0.6) is 5.75 Å². The number of pyridine rings is 1. The topological polar surface area (TPSA) is 108 Å². The average molecular weight is 356 g/mol. The lowest BCUT2D eigenvalue weighted by molar-refractivity contribution is 0.0693. The summed E-state index contributed by atoms with van der Waals surface area (Å²) in [6, 6.07) is 5.89. The molecule has 1 aromatic heterocycles. The van der Waals surface area contributed by atoms with Gasteiger partial charge in [0.25, 0.3) is 11.5 Å². The number of methoxy groups -OCH3 is 1. The third kappa shape index (κ3) is 3.61. The standard InChI is InChI=1S/C19H20N2O5/c1-26-16-10-12(7-8-13(16)19(24)25)20-17(22)14-9-11-5-3-2-4-6-15(11)21-18(14)23/h7-10H,2-6H2,1H3,(H,20,22)(H,21,23)(H,24,25). The number of aromatic carboxylic acids is 1. The van der Waals surface area contributed by atoms with E-state index in [2.05, 4.69) is 10.3 Å². The third-order valence-electron chi connectivity index (χ3n) is 4.52. The Morgan fingerprint density at radius 1 is 1.12 bits per heavy atom. The van der Waals surface area contributed by atoms with Crippen LogP contribution < -0.4 is 15.6 Å². The van der Waals surface area contributed by atoms with Crippen LogP contribution in [0.15, 0.2) is 29.1 Å². The maximum absolute atomic E-state index is 12.5. The summed E-state index contributed by atoms with van der Waals surface area (Å²) in [4.78, 5) is 38.8. The number of carbonyl (C=O) groups is 2. The second-order valence-electron chi connectivity index (χ2n) is 6.25. The zero-order valence-electron chi connectivity index (χ0n) is 14.4. The number of hydrogen-bond donors (Lipinski definition) is 3. The minimum atomic E-state index is -1.12. The minimum Gasteiger partial charge on any atom is -0.496 e. The smallest absolute Gasteiger partial charge is 0.339 e. The van der Waals surface area contributed by atoms with Crippen LogP contribution in [0.4, 0.5) is 5.69 Å². The van der Waals surface area contributed by atoms with Gasteiger partial charge in [-0.1, -0.05) is 6.42 Å². The summed E-state index contributed by atoms with van der Waals surface area (Å²) >= 11 is 0. The number of nitrogens with one attached hydrogen (secondary N) is 2. The molecule has 0 radical (unpaired) electrons. The van der Waals surface area contributed by atoms with Crippen LogP contribution in [-0.2, 0) is 12.8 Å². The average Bonchev–Trinajstić information content (AvgIpc) is 2.85. The van der Waals surface area contributed by atoms with Crippen LogP contribution >= 0.6 is 0 Å². The normalized spacial score (nSPS) is 13.4. The van der Waals surface area contributed by atoms with Crippen LogP contribution in [-0.4, -0.2) is 29.1 Å². The van der Waals surface area contributed by atoms with Gasteiger partial charge in [0.05, 0.1) is 7.11 Å². The van der Waals surface area contributed by atoms with Gasteiger partial charge in [0.15, 0.2) is 0 Å². The highest BCUT2D eigenvalue weighted by Crippen LogP contribution is 2.24. The second-order valence-corrected chi connectivity index (χ2v) is 6.25. The number of aromatic amines is 1. The molecule has 1 aliphatic carbocycles. The van der Waals surface area contributed by atoms with E-state index in [0.717, 1.165) is 43.4 Å². The van der Waals surface area contributed by atoms with Crippen molar-refractivity contribution >= 4 is 17.6 Å². The van der Waals surface area contributed by atoms with Gasteiger partial charge in [-0.2, -0.15) is 0 Å². The number of fused-ring (bicyclic) bond motifs is 1. The molecular formula is C19H20N2O5. The predicted molar refractivity (Wildman–Crippen MR) is 96.2 cm³/mol. The van der Waals surface area contributed by atoms with Crippen molar-refractivity contribution in [2.24, 2.45) is 0 Å². The Kier molecular flexibility index (Phi) is 5.06. The van der Waals surface area contributed by atoms with E-state index in [1.807, 2.05) is 0 Å². The van der Waals surface area contributed by atoms with Gasteiger partial charge in [-0.05, 0) is 49.4 Å². The molecule has 1 heterocycles. The zero-order valence-corrected chi connectivity index (χ0v) is 14.4. The summed E-state index contributed by atoms with van der Waals surface area (Å²) in [7, 11) is 1.35. The van der Waals surface area contributed by atoms with Crippen molar-refractivity contribution in [3.8, 4) is 5.75 Å². The first-order chi connectivity index (χ1) is 12.5. The maximum Gasteiger partial charge on any atom is 0.339 e.